The normalized spacial score (nSPS) is 18.7. The number of nitrogens with zero attached hydrogens (tertiary/aromatic N) is 1. The second-order valence-electron chi connectivity index (χ2n) is 5.16. The zero-order chi connectivity index (χ0) is 13.4. The molecule has 1 fully saturated rings. The average Bonchev–Trinajstić information content (AvgIpc) is 2.23. The lowest BCUT2D eigenvalue weighted by molar-refractivity contribution is 0.203. The molecular weight excluding hydrogens is 314 g/mol. The number of rotatable bonds is 4. The second kappa shape index (κ2) is 4.94. The molecule has 0 radical (unpaired) electrons. The van der Waals surface area contributed by atoms with E-state index in [9.17, 15) is 8.42 Å². The number of sulfonamides is 1. The van der Waals surface area contributed by atoms with Gasteiger partial charge in [0.15, 0.2) is 0 Å². The highest BCUT2D eigenvalue weighted by Gasteiger charge is 2.40. The third-order valence-electron chi connectivity index (χ3n) is 3.86. The summed E-state index contributed by atoms with van der Waals surface area (Å²) in [5.74, 6) is 0. The summed E-state index contributed by atoms with van der Waals surface area (Å²) in [6.07, 6.45) is 4.57. The third kappa shape index (κ3) is 2.78. The van der Waals surface area contributed by atoms with Gasteiger partial charge in [0.2, 0.25) is 10.0 Å². The van der Waals surface area contributed by atoms with Gasteiger partial charge in [0.1, 0.15) is 0 Å². The fourth-order valence-electron chi connectivity index (χ4n) is 2.49. The lowest BCUT2D eigenvalue weighted by Crippen LogP contribution is -2.46. The molecule has 1 aromatic rings. The molecule has 1 aliphatic rings. The molecule has 0 aliphatic heterocycles. The summed E-state index contributed by atoms with van der Waals surface area (Å²) >= 11 is 3.43. The predicted molar refractivity (Wildman–Crippen MR) is 77.1 cm³/mol. The van der Waals surface area contributed by atoms with E-state index < -0.39 is 10.0 Å². The van der Waals surface area contributed by atoms with Gasteiger partial charge >= 0.3 is 0 Å². The van der Waals surface area contributed by atoms with Gasteiger partial charge < -0.3 is 0 Å². The molecule has 1 saturated carbocycles. The molecule has 0 bridgehead atoms. The maximum absolute atomic E-state index is 11.6. The van der Waals surface area contributed by atoms with E-state index in [1.165, 1.54) is 22.5 Å². The molecule has 3 nitrogen and oxygen atoms in total. The summed E-state index contributed by atoms with van der Waals surface area (Å²) in [5, 5.41) is 0. The molecule has 0 heterocycles. The first-order chi connectivity index (χ1) is 8.33. The van der Waals surface area contributed by atoms with Gasteiger partial charge in [-0.3, -0.25) is 0 Å². The van der Waals surface area contributed by atoms with Crippen molar-refractivity contribution in [2.45, 2.75) is 24.7 Å². The van der Waals surface area contributed by atoms with E-state index in [1.54, 1.807) is 7.05 Å². The number of likely N-dealkylation sites (N-methyl/N-ethyl adjacent to an activating group) is 1. The Morgan fingerprint density at radius 3 is 2.22 bits per heavy atom. The second-order valence-corrected chi connectivity index (χ2v) is 8.16. The van der Waals surface area contributed by atoms with Gasteiger partial charge in [0.05, 0.1) is 6.26 Å². The van der Waals surface area contributed by atoms with Crippen molar-refractivity contribution in [3.05, 3.63) is 34.3 Å². The summed E-state index contributed by atoms with van der Waals surface area (Å²) in [7, 11) is -1.44. The Labute approximate surface area is 117 Å². The molecular formula is C13H18BrNO2S. The van der Waals surface area contributed by atoms with Crippen LogP contribution in [0.3, 0.4) is 0 Å². The van der Waals surface area contributed by atoms with Gasteiger partial charge in [0.25, 0.3) is 0 Å². The van der Waals surface area contributed by atoms with Gasteiger partial charge in [-0.2, -0.15) is 0 Å². The highest BCUT2D eigenvalue weighted by molar-refractivity contribution is 9.10. The van der Waals surface area contributed by atoms with E-state index in [-0.39, 0.29) is 5.41 Å². The van der Waals surface area contributed by atoms with Crippen molar-refractivity contribution in [1.29, 1.82) is 0 Å². The molecule has 0 atom stereocenters. The Morgan fingerprint density at radius 2 is 1.83 bits per heavy atom. The van der Waals surface area contributed by atoms with Crippen molar-refractivity contribution < 1.29 is 8.42 Å². The minimum atomic E-state index is -3.10. The lowest BCUT2D eigenvalue weighted by Gasteiger charge is -2.44. The molecule has 1 aromatic carbocycles. The van der Waals surface area contributed by atoms with E-state index in [0.717, 1.165) is 17.3 Å². The first-order valence-corrected chi connectivity index (χ1v) is 8.65. The third-order valence-corrected chi connectivity index (χ3v) is 5.65. The van der Waals surface area contributed by atoms with Crippen molar-refractivity contribution >= 4 is 26.0 Å². The molecule has 100 valence electrons. The molecule has 0 aromatic heterocycles. The average molecular weight is 332 g/mol. The van der Waals surface area contributed by atoms with Crippen LogP contribution in [0.4, 0.5) is 0 Å². The van der Waals surface area contributed by atoms with E-state index in [1.807, 2.05) is 12.1 Å². The van der Waals surface area contributed by atoms with Crippen molar-refractivity contribution in [3.63, 3.8) is 0 Å². The van der Waals surface area contributed by atoms with Gasteiger partial charge in [-0.1, -0.05) is 34.5 Å². The Hall–Kier alpha value is -0.390. The van der Waals surface area contributed by atoms with E-state index in [4.69, 9.17) is 0 Å². The number of hydrogen-bond donors (Lipinski definition) is 0. The molecule has 5 heteroatoms. The smallest absolute Gasteiger partial charge is 0.210 e. The first-order valence-electron chi connectivity index (χ1n) is 6.01. The molecule has 0 saturated heterocycles. The van der Waals surface area contributed by atoms with Crippen LogP contribution in [0.15, 0.2) is 28.7 Å². The first kappa shape index (κ1) is 14.0. The quantitative estimate of drug-likeness (QED) is 0.850. The summed E-state index contributed by atoms with van der Waals surface area (Å²) in [6, 6.07) is 8.24. The van der Waals surface area contributed by atoms with Crippen LogP contribution in [-0.4, -0.2) is 32.6 Å². The van der Waals surface area contributed by atoms with Crippen LogP contribution >= 0.6 is 15.9 Å². The standard InChI is InChI=1S/C13H18BrNO2S/c1-15(18(2,16)17)10-13(8-3-9-13)11-4-6-12(14)7-5-11/h4-7H,3,8-10H2,1-2H3. The van der Waals surface area contributed by atoms with Crippen LogP contribution in [0.5, 0.6) is 0 Å². The minimum Gasteiger partial charge on any atom is -0.213 e. The number of hydrogen-bond acceptors (Lipinski definition) is 2. The van der Waals surface area contributed by atoms with Crippen molar-refractivity contribution in [2.75, 3.05) is 19.8 Å². The van der Waals surface area contributed by atoms with Crippen LogP contribution in [-0.2, 0) is 15.4 Å². The maximum atomic E-state index is 11.6. The summed E-state index contributed by atoms with van der Waals surface area (Å²) in [6.45, 7) is 0.577. The van der Waals surface area contributed by atoms with Crippen LogP contribution in [0.2, 0.25) is 0 Å². The van der Waals surface area contributed by atoms with E-state index in [0.29, 0.717) is 6.54 Å². The molecule has 0 amide bonds. The van der Waals surface area contributed by atoms with Gasteiger partial charge in [-0.15, -0.1) is 0 Å². The largest absolute Gasteiger partial charge is 0.213 e. The fraction of sp³-hybridized carbons (Fsp3) is 0.538. The molecule has 0 spiro atoms. The monoisotopic (exact) mass is 331 g/mol. The Morgan fingerprint density at radius 1 is 1.28 bits per heavy atom. The Bertz CT molecular complexity index is 520. The summed E-state index contributed by atoms with van der Waals surface area (Å²) < 4.78 is 25.6. The van der Waals surface area contributed by atoms with Gasteiger partial charge in [-0.25, -0.2) is 12.7 Å². The van der Waals surface area contributed by atoms with Crippen LogP contribution in [0.1, 0.15) is 24.8 Å². The van der Waals surface area contributed by atoms with Crippen molar-refractivity contribution in [1.82, 2.24) is 4.31 Å². The lowest BCUT2D eigenvalue weighted by atomic mass is 9.64. The number of halogens is 1. The Kier molecular flexibility index (Phi) is 3.85. The van der Waals surface area contributed by atoms with Gasteiger partial charge in [-0.05, 0) is 30.5 Å². The highest BCUT2D eigenvalue weighted by Crippen LogP contribution is 2.44. The molecule has 2 rings (SSSR count). The van der Waals surface area contributed by atoms with Crippen molar-refractivity contribution in [2.24, 2.45) is 0 Å². The molecule has 0 N–H and O–H groups in total. The minimum absolute atomic E-state index is 0.0124. The summed E-state index contributed by atoms with van der Waals surface area (Å²) in [4.78, 5) is 0. The van der Waals surface area contributed by atoms with E-state index >= 15 is 0 Å². The van der Waals surface area contributed by atoms with E-state index in [2.05, 4.69) is 28.1 Å². The maximum Gasteiger partial charge on any atom is 0.210 e. The molecule has 1 aliphatic carbocycles. The van der Waals surface area contributed by atoms with Crippen LogP contribution < -0.4 is 0 Å². The summed E-state index contributed by atoms with van der Waals surface area (Å²) in [5.41, 5.74) is 1.26. The Balaban J connectivity index is 2.24. The molecule has 0 unspecified atom stereocenters. The predicted octanol–water partition coefficient (Wildman–Crippen LogP) is 2.76. The highest BCUT2D eigenvalue weighted by atomic mass is 79.9. The zero-order valence-electron chi connectivity index (χ0n) is 10.7. The number of benzene rings is 1. The van der Waals surface area contributed by atoms with Crippen LogP contribution in [0, 0.1) is 0 Å². The topological polar surface area (TPSA) is 37.4 Å². The SMILES string of the molecule is CN(CC1(c2ccc(Br)cc2)CCC1)S(C)(=O)=O. The zero-order valence-corrected chi connectivity index (χ0v) is 13.1. The van der Waals surface area contributed by atoms with Gasteiger partial charge in [0, 0.05) is 23.5 Å². The van der Waals surface area contributed by atoms with Crippen molar-refractivity contribution in [3.8, 4) is 0 Å². The van der Waals surface area contributed by atoms with Crippen LogP contribution in [0.25, 0.3) is 0 Å². The fourth-order valence-corrected chi connectivity index (χ4v) is 3.23. The molecule has 18 heavy (non-hydrogen) atoms.